The van der Waals surface area contributed by atoms with Gasteiger partial charge in [-0.25, -0.2) is 4.98 Å². The summed E-state index contributed by atoms with van der Waals surface area (Å²) in [7, 11) is -3.16. The lowest BCUT2D eigenvalue weighted by molar-refractivity contribution is 0.217. The number of benzene rings is 1. The van der Waals surface area contributed by atoms with Crippen molar-refractivity contribution < 1.29 is 18.0 Å². The van der Waals surface area contributed by atoms with E-state index >= 15 is 0 Å². The first kappa shape index (κ1) is 14.3. The largest absolute Gasteiger partial charge is 0.440 e. The van der Waals surface area contributed by atoms with Crippen LogP contribution < -0.4 is 0 Å². The highest BCUT2D eigenvalue weighted by atomic mass is 31.2. The van der Waals surface area contributed by atoms with Crippen molar-refractivity contribution in [3.63, 3.8) is 0 Å². The minimum Gasteiger partial charge on any atom is -0.440 e. The summed E-state index contributed by atoms with van der Waals surface area (Å²) in [6, 6.07) is 5.74. The van der Waals surface area contributed by atoms with Crippen LogP contribution in [-0.4, -0.2) is 18.2 Å². The molecule has 1 aromatic heterocycles. The van der Waals surface area contributed by atoms with E-state index in [9.17, 15) is 4.57 Å². The van der Waals surface area contributed by atoms with Crippen molar-refractivity contribution in [2.75, 3.05) is 13.2 Å². The Morgan fingerprint density at radius 1 is 1.26 bits per heavy atom. The van der Waals surface area contributed by atoms with Crippen LogP contribution in [0.15, 0.2) is 22.6 Å². The average Bonchev–Trinajstić information content (AvgIpc) is 2.70. The highest BCUT2D eigenvalue weighted by molar-refractivity contribution is 7.52. The van der Waals surface area contributed by atoms with E-state index in [2.05, 4.69) is 4.98 Å². The maximum absolute atomic E-state index is 12.4. The van der Waals surface area contributed by atoms with E-state index in [4.69, 9.17) is 13.5 Å². The van der Waals surface area contributed by atoms with Crippen LogP contribution in [-0.2, 0) is 19.8 Å². The number of oxazole rings is 1. The van der Waals surface area contributed by atoms with Crippen molar-refractivity contribution in [2.24, 2.45) is 0 Å². The van der Waals surface area contributed by atoms with Gasteiger partial charge in [0.05, 0.1) is 13.2 Å². The zero-order chi connectivity index (χ0) is 13.9. The predicted octanol–water partition coefficient (Wildman–Crippen LogP) is 3.90. The summed E-state index contributed by atoms with van der Waals surface area (Å²) in [6.07, 6.45) is 0.0579. The van der Waals surface area contributed by atoms with Crippen LogP contribution in [0.2, 0.25) is 0 Å². The van der Waals surface area contributed by atoms with Gasteiger partial charge in [0.1, 0.15) is 11.7 Å². The molecule has 0 saturated carbocycles. The fourth-order valence-electron chi connectivity index (χ4n) is 1.83. The third-order valence-corrected chi connectivity index (χ3v) is 4.53. The molecular weight excluding hydrogens is 265 g/mol. The molecule has 2 aromatic rings. The molecule has 1 heterocycles. The van der Waals surface area contributed by atoms with Gasteiger partial charge in [0, 0.05) is 0 Å². The number of nitrogens with zero attached hydrogens (tertiary/aromatic N) is 1. The Hall–Kier alpha value is -1.16. The summed E-state index contributed by atoms with van der Waals surface area (Å²) in [5.74, 6) is 0.380. The molecule has 0 spiro atoms. The van der Waals surface area contributed by atoms with Crippen LogP contribution in [0.5, 0.6) is 0 Å². The Morgan fingerprint density at radius 2 is 1.95 bits per heavy atom. The van der Waals surface area contributed by atoms with E-state index in [1.807, 2.05) is 25.1 Å². The second-order valence-corrected chi connectivity index (χ2v) is 6.24. The summed E-state index contributed by atoms with van der Waals surface area (Å²) in [6.45, 7) is 6.20. The van der Waals surface area contributed by atoms with Gasteiger partial charge in [0.2, 0.25) is 5.89 Å². The van der Waals surface area contributed by atoms with Crippen LogP contribution in [0.25, 0.3) is 11.1 Å². The Balaban J connectivity index is 2.26. The van der Waals surface area contributed by atoms with E-state index in [-0.39, 0.29) is 6.16 Å². The second kappa shape index (κ2) is 5.87. The normalized spacial score (nSPS) is 12.2. The first-order valence-corrected chi connectivity index (χ1v) is 8.03. The van der Waals surface area contributed by atoms with Gasteiger partial charge in [0.25, 0.3) is 0 Å². The van der Waals surface area contributed by atoms with Crippen molar-refractivity contribution in [1.82, 2.24) is 4.98 Å². The molecule has 0 amide bonds. The first-order chi connectivity index (χ1) is 9.06. The van der Waals surface area contributed by atoms with E-state index < -0.39 is 7.60 Å². The number of hydrogen-bond donors (Lipinski definition) is 0. The van der Waals surface area contributed by atoms with Crippen molar-refractivity contribution in [3.8, 4) is 0 Å². The first-order valence-electron chi connectivity index (χ1n) is 6.30. The molecule has 0 aliphatic heterocycles. The zero-order valence-corrected chi connectivity index (χ0v) is 12.3. The van der Waals surface area contributed by atoms with Crippen molar-refractivity contribution >= 4 is 18.7 Å². The van der Waals surface area contributed by atoms with E-state index in [0.717, 1.165) is 11.1 Å². The molecule has 0 atom stereocenters. The summed E-state index contributed by atoms with van der Waals surface area (Å²) in [5, 5.41) is 0. The number of aromatic nitrogens is 1. The average molecular weight is 283 g/mol. The maximum atomic E-state index is 12.4. The highest BCUT2D eigenvalue weighted by Gasteiger charge is 2.27. The molecule has 0 aliphatic carbocycles. The summed E-state index contributed by atoms with van der Waals surface area (Å²) in [5.41, 5.74) is 2.53. The Bertz CT molecular complexity index is 598. The fourth-order valence-corrected chi connectivity index (χ4v) is 3.35. The molecule has 104 valence electrons. The molecule has 0 unspecified atom stereocenters. The van der Waals surface area contributed by atoms with Gasteiger partial charge in [-0.1, -0.05) is 6.07 Å². The lowest BCUT2D eigenvalue weighted by atomic mass is 10.2. The lowest BCUT2D eigenvalue weighted by Crippen LogP contribution is -1.99. The standard InChI is InChI=1S/C13H18NO4P/c1-4-16-19(15,17-5-2)9-13-14-11-7-6-10(3)8-12(11)18-13/h6-8H,4-5,9H2,1-3H3. The number of hydrogen-bond acceptors (Lipinski definition) is 5. The molecule has 0 saturated heterocycles. The van der Waals surface area contributed by atoms with Gasteiger partial charge in [-0.15, -0.1) is 0 Å². The number of fused-ring (bicyclic) bond motifs is 1. The fraction of sp³-hybridized carbons (Fsp3) is 0.462. The molecule has 19 heavy (non-hydrogen) atoms. The van der Waals surface area contributed by atoms with E-state index in [1.165, 1.54) is 0 Å². The quantitative estimate of drug-likeness (QED) is 0.752. The summed E-state index contributed by atoms with van der Waals surface area (Å²) >= 11 is 0. The highest BCUT2D eigenvalue weighted by Crippen LogP contribution is 2.51. The van der Waals surface area contributed by atoms with Crippen LogP contribution in [0, 0.1) is 6.92 Å². The molecule has 0 bridgehead atoms. The minimum absolute atomic E-state index is 0.0579. The monoisotopic (exact) mass is 283 g/mol. The Labute approximate surface area is 112 Å². The van der Waals surface area contributed by atoms with Crippen LogP contribution in [0.4, 0.5) is 0 Å². The van der Waals surface area contributed by atoms with Crippen LogP contribution in [0.3, 0.4) is 0 Å². The van der Waals surface area contributed by atoms with Gasteiger partial charge < -0.3 is 13.5 Å². The van der Waals surface area contributed by atoms with Crippen LogP contribution >= 0.6 is 7.60 Å². The summed E-state index contributed by atoms with van der Waals surface area (Å²) in [4.78, 5) is 4.30. The van der Waals surface area contributed by atoms with Gasteiger partial charge >= 0.3 is 7.60 Å². The minimum atomic E-state index is -3.16. The smallest absolute Gasteiger partial charge is 0.339 e. The Morgan fingerprint density at radius 3 is 2.58 bits per heavy atom. The molecule has 0 radical (unpaired) electrons. The molecule has 0 aliphatic rings. The predicted molar refractivity (Wildman–Crippen MR) is 73.3 cm³/mol. The van der Waals surface area contributed by atoms with E-state index in [0.29, 0.717) is 24.7 Å². The second-order valence-electron chi connectivity index (χ2n) is 4.18. The van der Waals surface area contributed by atoms with Gasteiger partial charge in [-0.3, -0.25) is 4.57 Å². The Kier molecular flexibility index (Phi) is 4.40. The van der Waals surface area contributed by atoms with Gasteiger partial charge in [0.15, 0.2) is 5.58 Å². The van der Waals surface area contributed by atoms with Crippen molar-refractivity contribution in [2.45, 2.75) is 26.9 Å². The third kappa shape index (κ3) is 3.44. The van der Waals surface area contributed by atoms with Crippen molar-refractivity contribution in [3.05, 3.63) is 29.7 Å². The molecule has 5 nitrogen and oxygen atoms in total. The summed E-state index contributed by atoms with van der Waals surface area (Å²) < 4.78 is 28.4. The molecule has 0 N–H and O–H groups in total. The zero-order valence-electron chi connectivity index (χ0n) is 11.4. The van der Waals surface area contributed by atoms with Crippen molar-refractivity contribution in [1.29, 1.82) is 0 Å². The number of aryl methyl sites for hydroxylation is 1. The molecule has 6 heteroatoms. The molecule has 1 aromatic carbocycles. The van der Waals surface area contributed by atoms with Gasteiger partial charge in [-0.2, -0.15) is 0 Å². The molecule has 0 fully saturated rings. The number of rotatable bonds is 6. The molecule has 2 rings (SSSR count). The molecular formula is C13H18NO4P. The maximum Gasteiger partial charge on any atom is 0.339 e. The third-order valence-electron chi connectivity index (χ3n) is 2.57. The lowest BCUT2D eigenvalue weighted by Gasteiger charge is -2.14. The topological polar surface area (TPSA) is 61.6 Å². The SMILES string of the molecule is CCOP(=O)(Cc1nc2ccc(C)cc2o1)OCC. The van der Waals surface area contributed by atoms with E-state index in [1.54, 1.807) is 13.8 Å². The van der Waals surface area contributed by atoms with Crippen LogP contribution in [0.1, 0.15) is 25.3 Å². The van der Waals surface area contributed by atoms with Gasteiger partial charge in [-0.05, 0) is 38.5 Å².